The highest BCUT2D eigenvalue weighted by molar-refractivity contribution is 5.96. The van der Waals surface area contributed by atoms with Crippen molar-refractivity contribution in [1.82, 2.24) is 4.90 Å². The number of rotatable bonds is 3. The monoisotopic (exact) mass is 230 g/mol. The van der Waals surface area contributed by atoms with Gasteiger partial charge in [0, 0.05) is 18.7 Å². The van der Waals surface area contributed by atoms with Gasteiger partial charge >= 0.3 is 0 Å². The van der Waals surface area contributed by atoms with Gasteiger partial charge in [-0.2, -0.15) is 5.26 Å². The molecule has 1 unspecified atom stereocenters. The number of hydrogen-bond acceptors (Lipinski definition) is 2. The van der Waals surface area contributed by atoms with Crippen molar-refractivity contribution in [2.45, 2.75) is 33.2 Å². The molecule has 3 nitrogen and oxygen atoms in total. The quantitative estimate of drug-likeness (QED) is 0.801. The smallest absolute Gasteiger partial charge is 0.254 e. The molecule has 90 valence electrons. The fraction of sp³-hybridized carbons (Fsp3) is 0.429. The normalized spacial score (nSPS) is 11.7. The summed E-state index contributed by atoms with van der Waals surface area (Å²) in [6, 6.07) is 7.74. The van der Waals surface area contributed by atoms with Crippen LogP contribution >= 0.6 is 0 Å². The Kier molecular flexibility index (Phi) is 4.28. The molecule has 0 aliphatic rings. The van der Waals surface area contributed by atoms with E-state index in [1.54, 1.807) is 11.9 Å². The molecular formula is C14H18N2O. The highest BCUT2D eigenvalue weighted by Gasteiger charge is 2.19. The first-order valence-corrected chi connectivity index (χ1v) is 5.69. The van der Waals surface area contributed by atoms with Gasteiger partial charge < -0.3 is 4.90 Å². The third-order valence-electron chi connectivity index (χ3n) is 3.20. The van der Waals surface area contributed by atoms with E-state index in [1.165, 1.54) is 0 Å². The third-order valence-corrected chi connectivity index (χ3v) is 3.20. The van der Waals surface area contributed by atoms with Crippen LogP contribution in [-0.4, -0.2) is 23.9 Å². The molecule has 0 bridgehead atoms. The van der Waals surface area contributed by atoms with Crippen LogP contribution in [0.15, 0.2) is 18.2 Å². The Morgan fingerprint density at radius 1 is 1.47 bits per heavy atom. The highest BCUT2D eigenvalue weighted by Crippen LogP contribution is 2.16. The number of hydrogen-bond donors (Lipinski definition) is 0. The van der Waals surface area contributed by atoms with Gasteiger partial charge in [-0.3, -0.25) is 4.79 Å². The molecule has 0 aliphatic heterocycles. The van der Waals surface area contributed by atoms with Crippen LogP contribution in [0.25, 0.3) is 0 Å². The van der Waals surface area contributed by atoms with Crippen molar-refractivity contribution >= 4 is 5.91 Å². The van der Waals surface area contributed by atoms with Crippen molar-refractivity contribution in [3.8, 4) is 6.07 Å². The lowest BCUT2D eigenvalue weighted by Gasteiger charge is -2.24. The van der Waals surface area contributed by atoms with Crippen LogP contribution in [-0.2, 0) is 0 Å². The van der Waals surface area contributed by atoms with Gasteiger partial charge in [0.05, 0.1) is 12.5 Å². The molecule has 0 saturated heterocycles. The van der Waals surface area contributed by atoms with Gasteiger partial charge in [0.15, 0.2) is 0 Å². The van der Waals surface area contributed by atoms with E-state index >= 15 is 0 Å². The zero-order valence-corrected chi connectivity index (χ0v) is 10.8. The van der Waals surface area contributed by atoms with E-state index in [4.69, 9.17) is 5.26 Å². The van der Waals surface area contributed by atoms with Crippen LogP contribution in [0.1, 0.15) is 34.8 Å². The predicted octanol–water partition coefficient (Wildman–Crippen LogP) is 2.68. The molecular weight excluding hydrogens is 212 g/mol. The number of nitrogens with zero attached hydrogens (tertiary/aromatic N) is 2. The molecule has 1 aromatic carbocycles. The molecule has 0 N–H and O–H groups in total. The van der Waals surface area contributed by atoms with Crippen molar-refractivity contribution in [2.75, 3.05) is 7.05 Å². The summed E-state index contributed by atoms with van der Waals surface area (Å²) >= 11 is 0. The first-order valence-electron chi connectivity index (χ1n) is 5.69. The van der Waals surface area contributed by atoms with Gasteiger partial charge in [-0.05, 0) is 38.0 Å². The summed E-state index contributed by atoms with van der Waals surface area (Å²) in [5.41, 5.74) is 2.84. The number of benzene rings is 1. The second kappa shape index (κ2) is 5.49. The lowest BCUT2D eigenvalue weighted by Crippen LogP contribution is -2.35. The summed E-state index contributed by atoms with van der Waals surface area (Å²) in [7, 11) is 1.74. The molecule has 1 amide bonds. The summed E-state index contributed by atoms with van der Waals surface area (Å²) in [4.78, 5) is 13.9. The van der Waals surface area contributed by atoms with Crippen molar-refractivity contribution < 1.29 is 4.79 Å². The summed E-state index contributed by atoms with van der Waals surface area (Å²) in [6.45, 7) is 5.82. The molecule has 1 aromatic rings. The van der Waals surface area contributed by atoms with E-state index in [0.29, 0.717) is 6.42 Å². The van der Waals surface area contributed by atoms with E-state index in [1.807, 2.05) is 39.0 Å². The fourth-order valence-electron chi connectivity index (χ4n) is 1.64. The molecule has 0 fully saturated rings. The lowest BCUT2D eigenvalue weighted by atomic mass is 10.0. The Hall–Kier alpha value is -1.82. The molecule has 0 aliphatic carbocycles. The molecule has 3 heteroatoms. The first kappa shape index (κ1) is 13.2. The van der Waals surface area contributed by atoms with E-state index in [-0.39, 0.29) is 11.9 Å². The molecule has 0 saturated carbocycles. The average molecular weight is 230 g/mol. The Labute approximate surface area is 103 Å². The number of aryl methyl sites for hydroxylation is 1. The largest absolute Gasteiger partial charge is 0.338 e. The van der Waals surface area contributed by atoms with Crippen molar-refractivity contribution in [1.29, 1.82) is 5.26 Å². The van der Waals surface area contributed by atoms with Gasteiger partial charge in [-0.15, -0.1) is 0 Å². The van der Waals surface area contributed by atoms with Crippen LogP contribution in [0.2, 0.25) is 0 Å². The summed E-state index contributed by atoms with van der Waals surface area (Å²) < 4.78 is 0. The van der Waals surface area contributed by atoms with E-state index in [0.717, 1.165) is 16.7 Å². The van der Waals surface area contributed by atoms with Crippen molar-refractivity contribution in [3.63, 3.8) is 0 Å². The minimum atomic E-state index is -0.0626. The Morgan fingerprint density at radius 2 is 2.12 bits per heavy atom. The van der Waals surface area contributed by atoms with Gasteiger partial charge in [0.2, 0.25) is 0 Å². The molecule has 17 heavy (non-hydrogen) atoms. The van der Waals surface area contributed by atoms with Crippen molar-refractivity contribution in [2.24, 2.45) is 0 Å². The number of nitriles is 1. The first-order chi connectivity index (χ1) is 7.99. The van der Waals surface area contributed by atoms with Crippen LogP contribution in [0.4, 0.5) is 0 Å². The van der Waals surface area contributed by atoms with Crippen LogP contribution in [0.5, 0.6) is 0 Å². The summed E-state index contributed by atoms with van der Waals surface area (Å²) in [6.07, 6.45) is 0.354. The third kappa shape index (κ3) is 2.85. The maximum Gasteiger partial charge on any atom is 0.254 e. The molecule has 0 heterocycles. The second-order valence-corrected chi connectivity index (χ2v) is 4.37. The van der Waals surface area contributed by atoms with Crippen LogP contribution in [0, 0.1) is 25.2 Å². The number of carbonyl (C=O) groups is 1. The molecule has 1 rings (SSSR count). The maximum atomic E-state index is 12.3. The van der Waals surface area contributed by atoms with Crippen molar-refractivity contribution in [3.05, 3.63) is 34.9 Å². The topological polar surface area (TPSA) is 44.1 Å². The fourth-order valence-corrected chi connectivity index (χ4v) is 1.64. The maximum absolute atomic E-state index is 12.3. The Morgan fingerprint density at radius 3 is 2.71 bits per heavy atom. The molecule has 0 aromatic heterocycles. The molecule has 0 radical (unpaired) electrons. The predicted molar refractivity (Wildman–Crippen MR) is 67.7 cm³/mol. The van der Waals surface area contributed by atoms with E-state index < -0.39 is 0 Å². The van der Waals surface area contributed by atoms with Crippen LogP contribution in [0.3, 0.4) is 0 Å². The number of amides is 1. The summed E-state index contributed by atoms with van der Waals surface area (Å²) in [5, 5.41) is 8.65. The zero-order valence-electron chi connectivity index (χ0n) is 10.8. The van der Waals surface area contributed by atoms with E-state index in [9.17, 15) is 4.79 Å². The number of carbonyl (C=O) groups excluding carboxylic acids is 1. The minimum absolute atomic E-state index is 0.0195. The van der Waals surface area contributed by atoms with Gasteiger partial charge in [-0.25, -0.2) is 0 Å². The Bertz CT molecular complexity index is 460. The highest BCUT2D eigenvalue weighted by atomic mass is 16.2. The summed E-state index contributed by atoms with van der Waals surface area (Å²) in [5.74, 6) is -0.0195. The lowest BCUT2D eigenvalue weighted by molar-refractivity contribution is 0.0745. The minimum Gasteiger partial charge on any atom is -0.338 e. The standard InChI is InChI=1S/C14H18N2O/c1-10-6-5-7-13(12(10)3)14(17)16(4)11(2)8-9-15/h5-7,11H,8H2,1-4H3. The second-order valence-electron chi connectivity index (χ2n) is 4.37. The zero-order chi connectivity index (χ0) is 13.0. The van der Waals surface area contributed by atoms with Gasteiger partial charge in [-0.1, -0.05) is 12.1 Å². The average Bonchev–Trinajstić information content (AvgIpc) is 2.31. The molecule has 0 spiro atoms. The van der Waals surface area contributed by atoms with Gasteiger partial charge in [0.1, 0.15) is 0 Å². The molecule has 1 atom stereocenters. The Balaban J connectivity index is 2.97. The SMILES string of the molecule is Cc1cccc(C(=O)N(C)C(C)CC#N)c1C. The van der Waals surface area contributed by atoms with Crippen LogP contribution < -0.4 is 0 Å². The van der Waals surface area contributed by atoms with E-state index in [2.05, 4.69) is 6.07 Å². The van der Waals surface area contributed by atoms with Gasteiger partial charge in [0.25, 0.3) is 5.91 Å².